The number of hydrogen-bond acceptors (Lipinski definition) is 3. The summed E-state index contributed by atoms with van der Waals surface area (Å²) in [5.74, 6) is -0.666. The number of aromatic nitrogens is 1. The summed E-state index contributed by atoms with van der Waals surface area (Å²) in [6, 6.07) is 14.6. The van der Waals surface area contributed by atoms with E-state index in [9.17, 15) is 9.59 Å². The van der Waals surface area contributed by atoms with Crippen molar-refractivity contribution in [1.82, 2.24) is 4.98 Å². The lowest BCUT2D eigenvalue weighted by atomic mass is 10.2. The number of pyridine rings is 1. The van der Waals surface area contributed by atoms with Gasteiger partial charge in [-0.05, 0) is 30.3 Å². The van der Waals surface area contributed by atoms with E-state index in [1.165, 1.54) is 11.0 Å². The van der Waals surface area contributed by atoms with Crippen LogP contribution in [0.15, 0.2) is 60.8 Å². The molecular weight excluding hydrogens is 278 g/mol. The molecule has 0 aliphatic carbocycles. The maximum atomic E-state index is 12.4. The Labute approximate surface area is 129 Å². The van der Waals surface area contributed by atoms with Crippen LogP contribution in [0.3, 0.4) is 0 Å². The Morgan fingerprint density at radius 2 is 1.82 bits per heavy atom. The van der Waals surface area contributed by atoms with Gasteiger partial charge in [0.1, 0.15) is 0 Å². The lowest BCUT2D eigenvalue weighted by molar-refractivity contribution is -0.118. The van der Waals surface area contributed by atoms with Gasteiger partial charge in [-0.25, -0.2) is 0 Å². The Morgan fingerprint density at radius 1 is 1.09 bits per heavy atom. The number of para-hydroxylation sites is 1. The first-order chi connectivity index (χ1) is 10.7. The van der Waals surface area contributed by atoms with Gasteiger partial charge >= 0.3 is 0 Å². The SMILES string of the molecule is NC(=O)CCN(C(=O)/C=C/c1ccccn1)c1ccccc1. The van der Waals surface area contributed by atoms with Crippen molar-refractivity contribution in [3.63, 3.8) is 0 Å². The number of carbonyl (C=O) groups excluding carboxylic acids is 2. The molecule has 1 aromatic carbocycles. The minimum Gasteiger partial charge on any atom is -0.370 e. The van der Waals surface area contributed by atoms with Crippen LogP contribution in [0.5, 0.6) is 0 Å². The molecule has 22 heavy (non-hydrogen) atoms. The molecule has 5 heteroatoms. The van der Waals surface area contributed by atoms with Gasteiger partial charge in [-0.2, -0.15) is 0 Å². The van der Waals surface area contributed by atoms with Crippen LogP contribution in [0, 0.1) is 0 Å². The van der Waals surface area contributed by atoms with Crippen molar-refractivity contribution in [3.8, 4) is 0 Å². The topological polar surface area (TPSA) is 76.3 Å². The molecule has 0 aliphatic rings. The second-order valence-corrected chi connectivity index (χ2v) is 4.63. The molecule has 0 spiro atoms. The predicted molar refractivity (Wildman–Crippen MR) is 85.9 cm³/mol. The number of amides is 2. The van der Waals surface area contributed by atoms with Crippen molar-refractivity contribution < 1.29 is 9.59 Å². The molecule has 0 saturated heterocycles. The van der Waals surface area contributed by atoms with Gasteiger partial charge in [0, 0.05) is 30.9 Å². The third-order valence-electron chi connectivity index (χ3n) is 3.00. The average molecular weight is 295 g/mol. The number of primary amides is 1. The van der Waals surface area contributed by atoms with E-state index >= 15 is 0 Å². The van der Waals surface area contributed by atoms with Crippen LogP contribution in [-0.2, 0) is 9.59 Å². The third kappa shape index (κ3) is 4.56. The van der Waals surface area contributed by atoms with Crippen molar-refractivity contribution in [2.45, 2.75) is 6.42 Å². The smallest absolute Gasteiger partial charge is 0.251 e. The van der Waals surface area contributed by atoms with Gasteiger partial charge in [0.15, 0.2) is 0 Å². The van der Waals surface area contributed by atoms with Crippen LogP contribution in [-0.4, -0.2) is 23.3 Å². The highest BCUT2D eigenvalue weighted by Crippen LogP contribution is 2.14. The van der Waals surface area contributed by atoms with E-state index in [1.54, 1.807) is 18.3 Å². The van der Waals surface area contributed by atoms with Gasteiger partial charge < -0.3 is 10.6 Å². The lowest BCUT2D eigenvalue weighted by Gasteiger charge is -2.20. The zero-order valence-electron chi connectivity index (χ0n) is 12.1. The summed E-state index contributed by atoms with van der Waals surface area (Å²) in [5, 5.41) is 0. The fraction of sp³-hybridized carbons (Fsp3) is 0.118. The summed E-state index contributed by atoms with van der Waals surface area (Å²) in [7, 11) is 0. The number of benzene rings is 1. The van der Waals surface area contributed by atoms with E-state index in [-0.39, 0.29) is 18.9 Å². The summed E-state index contributed by atoms with van der Waals surface area (Å²) in [6.07, 6.45) is 4.85. The first kappa shape index (κ1) is 15.4. The minimum atomic E-state index is -0.442. The highest BCUT2D eigenvalue weighted by Gasteiger charge is 2.13. The summed E-state index contributed by atoms with van der Waals surface area (Å²) in [5.41, 5.74) is 6.59. The number of nitrogens with zero attached hydrogens (tertiary/aromatic N) is 2. The van der Waals surface area contributed by atoms with E-state index in [0.29, 0.717) is 5.69 Å². The number of hydrogen-bond donors (Lipinski definition) is 1. The number of carbonyl (C=O) groups is 2. The Hall–Kier alpha value is -2.95. The summed E-state index contributed by atoms with van der Waals surface area (Å²) in [4.78, 5) is 29.0. The Balaban J connectivity index is 2.15. The molecule has 2 amide bonds. The maximum Gasteiger partial charge on any atom is 0.251 e. The van der Waals surface area contributed by atoms with Gasteiger partial charge in [0.25, 0.3) is 5.91 Å². The van der Waals surface area contributed by atoms with Gasteiger partial charge in [0.05, 0.1) is 5.69 Å². The lowest BCUT2D eigenvalue weighted by Crippen LogP contribution is -2.32. The highest BCUT2D eigenvalue weighted by molar-refractivity contribution is 6.04. The number of rotatable bonds is 6. The predicted octanol–water partition coefficient (Wildman–Crippen LogP) is 2.00. The summed E-state index contributed by atoms with van der Waals surface area (Å²) < 4.78 is 0. The van der Waals surface area contributed by atoms with E-state index in [1.807, 2.05) is 42.5 Å². The zero-order chi connectivity index (χ0) is 15.8. The second kappa shape index (κ2) is 7.73. The van der Waals surface area contributed by atoms with Crippen LogP contribution in [0.25, 0.3) is 6.08 Å². The van der Waals surface area contributed by atoms with Crippen molar-refractivity contribution in [2.75, 3.05) is 11.4 Å². The first-order valence-electron chi connectivity index (χ1n) is 6.91. The molecule has 0 bridgehead atoms. The maximum absolute atomic E-state index is 12.4. The quantitative estimate of drug-likeness (QED) is 0.828. The normalized spacial score (nSPS) is 10.5. The first-order valence-corrected chi connectivity index (χ1v) is 6.91. The summed E-state index contributed by atoms with van der Waals surface area (Å²) >= 11 is 0. The van der Waals surface area contributed by atoms with Gasteiger partial charge in [-0.15, -0.1) is 0 Å². The third-order valence-corrected chi connectivity index (χ3v) is 3.00. The Kier molecular flexibility index (Phi) is 5.43. The largest absolute Gasteiger partial charge is 0.370 e. The van der Waals surface area contributed by atoms with Crippen LogP contribution < -0.4 is 10.6 Å². The van der Waals surface area contributed by atoms with E-state index in [4.69, 9.17) is 5.73 Å². The van der Waals surface area contributed by atoms with Crippen molar-refractivity contribution >= 4 is 23.6 Å². The fourth-order valence-corrected chi connectivity index (χ4v) is 1.92. The molecule has 0 fully saturated rings. The molecule has 2 aromatic rings. The molecule has 0 radical (unpaired) electrons. The molecule has 2 rings (SSSR count). The van der Waals surface area contributed by atoms with Gasteiger partial charge in [0.2, 0.25) is 5.91 Å². The fourth-order valence-electron chi connectivity index (χ4n) is 1.92. The molecule has 0 saturated carbocycles. The van der Waals surface area contributed by atoms with Crippen molar-refractivity contribution in [1.29, 1.82) is 0 Å². The highest BCUT2D eigenvalue weighted by atomic mass is 16.2. The number of nitrogens with two attached hydrogens (primary N) is 1. The van der Waals surface area contributed by atoms with Gasteiger partial charge in [-0.1, -0.05) is 24.3 Å². The van der Waals surface area contributed by atoms with Crippen molar-refractivity contribution in [2.24, 2.45) is 5.73 Å². The molecule has 0 atom stereocenters. The molecule has 112 valence electrons. The molecular formula is C17H17N3O2. The molecule has 5 nitrogen and oxygen atoms in total. The Morgan fingerprint density at radius 3 is 2.45 bits per heavy atom. The van der Waals surface area contributed by atoms with Crippen LogP contribution in [0.4, 0.5) is 5.69 Å². The van der Waals surface area contributed by atoms with Crippen LogP contribution >= 0.6 is 0 Å². The van der Waals surface area contributed by atoms with E-state index in [2.05, 4.69) is 4.98 Å². The van der Waals surface area contributed by atoms with Crippen LogP contribution in [0.1, 0.15) is 12.1 Å². The summed E-state index contributed by atoms with van der Waals surface area (Å²) in [6.45, 7) is 0.241. The Bertz CT molecular complexity index is 654. The molecule has 2 N–H and O–H groups in total. The van der Waals surface area contributed by atoms with Crippen molar-refractivity contribution in [3.05, 3.63) is 66.5 Å². The molecule has 1 heterocycles. The standard InChI is InChI=1S/C17H17N3O2/c18-16(21)11-13-20(15-7-2-1-3-8-15)17(22)10-9-14-6-4-5-12-19-14/h1-10,12H,11,13H2,(H2,18,21)/b10-9+. The average Bonchev–Trinajstić information content (AvgIpc) is 2.55. The van der Waals surface area contributed by atoms with Crippen LogP contribution in [0.2, 0.25) is 0 Å². The molecule has 0 unspecified atom stereocenters. The van der Waals surface area contributed by atoms with Gasteiger partial charge in [-0.3, -0.25) is 14.6 Å². The number of anilines is 1. The monoisotopic (exact) mass is 295 g/mol. The zero-order valence-corrected chi connectivity index (χ0v) is 12.1. The van der Waals surface area contributed by atoms with E-state index < -0.39 is 5.91 Å². The minimum absolute atomic E-state index is 0.109. The molecule has 0 aliphatic heterocycles. The second-order valence-electron chi connectivity index (χ2n) is 4.63. The van der Waals surface area contributed by atoms with E-state index in [0.717, 1.165) is 5.69 Å². The molecule has 1 aromatic heterocycles.